The Morgan fingerprint density at radius 3 is 2.43 bits per heavy atom. The second kappa shape index (κ2) is 7.77. The van der Waals surface area contributed by atoms with Crippen molar-refractivity contribution in [2.24, 2.45) is 0 Å². The summed E-state index contributed by atoms with van der Waals surface area (Å²) in [7, 11) is 0. The molecule has 0 atom stereocenters. The minimum atomic E-state index is -1.69. The molecule has 1 aromatic heterocycles. The van der Waals surface area contributed by atoms with Gasteiger partial charge in [-0.1, -0.05) is 6.07 Å². The van der Waals surface area contributed by atoms with Crippen LogP contribution in [-0.4, -0.2) is 24.9 Å². The third kappa shape index (κ3) is 4.56. The molecule has 0 bridgehead atoms. The lowest BCUT2D eigenvalue weighted by Gasteiger charge is -2.08. The Morgan fingerprint density at radius 2 is 1.74 bits per heavy atom. The summed E-state index contributed by atoms with van der Waals surface area (Å²) < 4.78 is 39.2. The summed E-state index contributed by atoms with van der Waals surface area (Å²) in [5.41, 5.74) is -0.589. The fourth-order valence-electron chi connectivity index (χ4n) is 1.81. The van der Waals surface area contributed by atoms with Crippen LogP contribution >= 0.6 is 11.3 Å². The number of thiophene rings is 1. The lowest BCUT2D eigenvalue weighted by atomic mass is 10.2. The number of amides is 2. The molecule has 0 saturated heterocycles. The third-order valence-corrected chi connectivity index (χ3v) is 3.80. The molecular formula is C15H13F3N2O2S. The number of hydrogen-bond donors (Lipinski definition) is 2. The largest absolute Gasteiger partial charge is 0.354 e. The van der Waals surface area contributed by atoms with Crippen LogP contribution in [-0.2, 0) is 11.2 Å². The molecule has 0 aliphatic rings. The Kier molecular flexibility index (Phi) is 5.75. The van der Waals surface area contributed by atoms with E-state index in [0.29, 0.717) is 6.07 Å². The van der Waals surface area contributed by atoms with E-state index >= 15 is 0 Å². The molecule has 122 valence electrons. The monoisotopic (exact) mass is 342 g/mol. The molecule has 2 amide bonds. The normalized spacial score (nSPS) is 10.4. The van der Waals surface area contributed by atoms with Gasteiger partial charge in [0.2, 0.25) is 5.91 Å². The number of hydrogen-bond acceptors (Lipinski definition) is 3. The number of halogens is 3. The topological polar surface area (TPSA) is 58.2 Å². The fraction of sp³-hybridized carbons (Fsp3) is 0.200. The third-order valence-electron chi connectivity index (χ3n) is 2.93. The standard InChI is InChI=1S/C15H13F3N2O2S/c16-11-4-3-10(13(17)14(11)18)15(22)20-6-5-19-12(21)8-9-2-1-7-23-9/h1-4,7H,5-6,8H2,(H,19,21)(H,20,22). The Bertz CT molecular complexity index is 705. The second-order valence-corrected chi connectivity index (χ2v) is 5.62. The minimum absolute atomic E-state index is 0.0352. The van der Waals surface area contributed by atoms with Crippen LogP contribution in [0.3, 0.4) is 0 Å². The highest BCUT2D eigenvalue weighted by Crippen LogP contribution is 2.14. The van der Waals surface area contributed by atoms with Crippen molar-refractivity contribution >= 4 is 23.2 Å². The van der Waals surface area contributed by atoms with E-state index in [0.717, 1.165) is 10.9 Å². The first-order valence-electron chi connectivity index (χ1n) is 6.70. The Morgan fingerprint density at radius 1 is 1.00 bits per heavy atom. The molecule has 0 spiro atoms. The molecule has 2 N–H and O–H groups in total. The molecule has 2 aromatic rings. The molecule has 0 radical (unpaired) electrons. The van der Waals surface area contributed by atoms with Crippen LogP contribution in [0.4, 0.5) is 13.2 Å². The van der Waals surface area contributed by atoms with Crippen LogP contribution in [0.15, 0.2) is 29.6 Å². The van der Waals surface area contributed by atoms with Gasteiger partial charge in [0.05, 0.1) is 12.0 Å². The number of carbonyl (C=O) groups excluding carboxylic acids is 2. The highest BCUT2D eigenvalue weighted by Gasteiger charge is 2.18. The van der Waals surface area contributed by atoms with E-state index in [4.69, 9.17) is 0 Å². The maximum Gasteiger partial charge on any atom is 0.254 e. The average molecular weight is 342 g/mol. The second-order valence-electron chi connectivity index (χ2n) is 4.58. The van der Waals surface area contributed by atoms with Gasteiger partial charge in [-0.25, -0.2) is 13.2 Å². The van der Waals surface area contributed by atoms with Crippen molar-refractivity contribution in [1.29, 1.82) is 0 Å². The van der Waals surface area contributed by atoms with Gasteiger partial charge in [0, 0.05) is 18.0 Å². The number of benzene rings is 1. The first-order chi connectivity index (χ1) is 11.0. The predicted octanol–water partition coefficient (Wildman–Crippen LogP) is 2.25. The summed E-state index contributed by atoms with van der Waals surface area (Å²) in [6.45, 7) is 0.175. The quantitative estimate of drug-likeness (QED) is 0.625. The Labute approximate surface area is 134 Å². The zero-order valence-corrected chi connectivity index (χ0v) is 12.7. The summed E-state index contributed by atoms with van der Waals surface area (Å²) in [5, 5.41) is 6.77. The van der Waals surface area contributed by atoms with Gasteiger partial charge in [-0.2, -0.15) is 0 Å². The van der Waals surface area contributed by atoms with Gasteiger partial charge in [0.15, 0.2) is 17.5 Å². The van der Waals surface area contributed by atoms with Crippen molar-refractivity contribution in [3.63, 3.8) is 0 Å². The molecule has 0 saturated carbocycles. The molecule has 0 aliphatic carbocycles. The van der Waals surface area contributed by atoms with Crippen LogP contribution in [0, 0.1) is 17.5 Å². The van der Waals surface area contributed by atoms with E-state index < -0.39 is 28.9 Å². The highest BCUT2D eigenvalue weighted by molar-refractivity contribution is 7.10. The van der Waals surface area contributed by atoms with Crippen molar-refractivity contribution in [1.82, 2.24) is 10.6 Å². The van der Waals surface area contributed by atoms with Gasteiger partial charge in [-0.15, -0.1) is 11.3 Å². The zero-order valence-electron chi connectivity index (χ0n) is 11.9. The Balaban J connectivity index is 1.77. The van der Waals surface area contributed by atoms with E-state index in [9.17, 15) is 22.8 Å². The van der Waals surface area contributed by atoms with Gasteiger partial charge in [-0.3, -0.25) is 9.59 Å². The van der Waals surface area contributed by atoms with Crippen molar-refractivity contribution in [2.45, 2.75) is 6.42 Å². The highest BCUT2D eigenvalue weighted by atomic mass is 32.1. The first kappa shape index (κ1) is 17.0. The SMILES string of the molecule is O=C(Cc1cccs1)NCCNC(=O)c1ccc(F)c(F)c1F. The van der Waals surface area contributed by atoms with E-state index in [2.05, 4.69) is 10.6 Å². The fourth-order valence-corrected chi connectivity index (χ4v) is 2.51. The number of rotatable bonds is 6. The molecule has 0 unspecified atom stereocenters. The van der Waals surface area contributed by atoms with E-state index in [1.807, 2.05) is 17.5 Å². The molecule has 1 heterocycles. The lowest BCUT2D eigenvalue weighted by Crippen LogP contribution is -2.35. The van der Waals surface area contributed by atoms with Crippen LogP contribution in [0.5, 0.6) is 0 Å². The Hall–Kier alpha value is -2.35. The zero-order chi connectivity index (χ0) is 16.8. The smallest absolute Gasteiger partial charge is 0.254 e. The summed E-state index contributed by atoms with van der Waals surface area (Å²) in [6, 6.07) is 5.20. The van der Waals surface area contributed by atoms with Gasteiger partial charge in [0.25, 0.3) is 5.91 Å². The minimum Gasteiger partial charge on any atom is -0.354 e. The van der Waals surface area contributed by atoms with Crippen molar-refractivity contribution in [2.75, 3.05) is 13.1 Å². The van der Waals surface area contributed by atoms with Gasteiger partial charge in [-0.05, 0) is 23.6 Å². The van der Waals surface area contributed by atoms with Crippen molar-refractivity contribution in [3.8, 4) is 0 Å². The summed E-state index contributed by atoms with van der Waals surface area (Å²) in [6.07, 6.45) is 0.239. The molecular weight excluding hydrogens is 329 g/mol. The van der Waals surface area contributed by atoms with Gasteiger partial charge < -0.3 is 10.6 Å². The van der Waals surface area contributed by atoms with Crippen molar-refractivity contribution in [3.05, 3.63) is 57.5 Å². The summed E-state index contributed by atoms with van der Waals surface area (Å²) in [4.78, 5) is 24.2. The van der Waals surface area contributed by atoms with Crippen LogP contribution in [0.1, 0.15) is 15.2 Å². The first-order valence-corrected chi connectivity index (χ1v) is 7.57. The van der Waals surface area contributed by atoms with Crippen LogP contribution < -0.4 is 10.6 Å². The molecule has 0 aliphatic heterocycles. The molecule has 1 aromatic carbocycles. The van der Waals surface area contributed by atoms with E-state index in [1.165, 1.54) is 11.3 Å². The van der Waals surface area contributed by atoms with E-state index in [-0.39, 0.29) is 25.4 Å². The van der Waals surface area contributed by atoms with Crippen molar-refractivity contribution < 1.29 is 22.8 Å². The molecule has 4 nitrogen and oxygen atoms in total. The predicted molar refractivity (Wildman–Crippen MR) is 79.7 cm³/mol. The number of nitrogens with one attached hydrogen (secondary N) is 2. The lowest BCUT2D eigenvalue weighted by molar-refractivity contribution is -0.120. The summed E-state index contributed by atoms with van der Waals surface area (Å²) in [5.74, 6) is -5.68. The van der Waals surface area contributed by atoms with Gasteiger partial charge >= 0.3 is 0 Å². The molecule has 0 fully saturated rings. The number of carbonyl (C=O) groups is 2. The van der Waals surface area contributed by atoms with Crippen LogP contribution in [0.2, 0.25) is 0 Å². The maximum absolute atomic E-state index is 13.4. The molecule has 23 heavy (non-hydrogen) atoms. The molecule has 2 rings (SSSR count). The van der Waals surface area contributed by atoms with Gasteiger partial charge in [0.1, 0.15) is 0 Å². The summed E-state index contributed by atoms with van der Waals surface area (Å²) >= 11 is 1.46. The van der Waals surface area contributed by atoms with Crippen LogP contribution in [0.25, 0.3) is 0 Å². The molecule has 8 heteroatoms. The maximum atomic E-state index is 13.4. The average Bonchev–Trinajstić information content (AvgIpc) is 3.02. The van der Waals surface area contributed by atoms with E-state index in [1.54, 1.807) is 0 Å².